The van der Waals surface area contributed by atoms with Crippen LogP contribution < -0.4 is 0 Å². The van der Waals surface area contributed by atoms with Crippen molar-refractivity contribution < 1.29 is 0 Å². The molecule has 0 aromatic heterocycles. The predicted molar refractivity (Wildman–Crippen MR) is 59.7 cm³/mol. The molecule has 0 aromatic carbocycles. The van der Waals surface area contributed by atoms with Crippen molar-refractivity contribution in [2.24, 2.45) is 29.6 Å². The maximum Gasteiger partial charge on any atom is -0.0386 e. The van der Waals surface area contributed by atoms with Gasteiger partial charge in [-0.2, -0.15) is 0 Å². The molecule has 1 saturated carbocycles. The van der Waals surface area contributed by atoms with Crippen molar-refractivity contribution in [3.8, 4) is 0 Å². The van der Waals surface area contributed by atoms with Crippen LogP contribution in [0.3, 0.4) is 0 Å². The van der Waals surface area contributed by atoms with E-state index in [4.69, 9.17) is 0 Å². The van der Waals surface area contributed by atoms with E-state index in [-0.39, 0.29) is 0 Å². The summed E-state index contributed by atoms with van der Waals surface area (Å²) in [6.07, 6.45) is 4.43. The van der Waals surface area contributed by atoms with E-state index >= 15 is 0 Å². The quantitative estimate of drug-likeness (QED) is 0.595. The maximum absolute atomic E-state index is 2.43. The van der Waals surface area contributed by atoms with Crippen LogP contribution in [0.25, 0.3) is 0 Å². The van der Waals surface area contributed by atoms with Crippen molar-refractivity contribution in [1.29, 1.82) is 0 Å². The third kappa shape index (κ3) is 3.00. The van der Waals surface area contributed by atoms with E-state index in [1.165, 1.54) is 19.3 Å². The van der Waals surface area contributed by atoms with Crippen LogP contribution in [0.2, 0.25) is 0 Å². The molecule has 2 atom stereocenters. The summed E-state index contributed by atoms with van der Waals surface area (Å²) >= 11 is 0. The Labute approximate surface area is 84.1 Å². The molecule has 2 unspecified atom stereocenters. The zero-order valence-corrected chi connectivity index (χ0v) is 10.0. The van der Waals surface area contributed by atoms with E-state index < -0.39 is 0 Å². The van der Waals surface area contributed by atoms with Gasteiger partial charge in [-0.1, -0.05) is 34.6 Å². The third-order valence-corrected chi connectivity index (χ3v) is 3.90. The second-order valence-corrected chi connectivity index (χ2v) is 5.82. The Bertz CT molecular complexity index is 130. The van der Waals surface area contributed by atoms with E-state index in [9.17, 15) is 0 Å². The summed E-state index contributed by atoms with van der Waals surface area (Å²) < 4.78 is 0. The Balaban J connectivity index is 2.52. The van der Waals surface area contributed by atoms with Crippen molar-refractivity contribution in [3.63, 3.8) is 0 Å². The van der Waals surface area contributed by atoms with Crippen molar-refractivity contribution in [1.82, 2.24) is 0 Å². The smallest absolute Gasteiger partial charge is 0.0386 e. The second kappa shape index (κ2) is 4.48. The Morgan fingerprint density at radius 2 is 1.15 bits per heavy atom. The zero-order valence-electron chi connectivity index (χ0n) is 10.0. The molecule has 0 radical (unpaired) electrons. The lowest BCUT2D eigenvalue weighted by Crippen LogP contribution is -2.27. The molecule has 0 N–H and O–H groups in total. The molecule has 13 heavy (non-hydrogen) atoms. The van der Waals surface area contributed by atoms with Crippen LogP contribution in [-0.4, -0.2) is 0 Å². The lowest BCUT2D eigenvalue weighted by atomic mass is 9.69. The SMILES string of the molecule is CC1CC(C(C)C)CC(C(C)C)C1. The van der Waals surface area contributed by atoms with Gasteiger partial charge in [-0.05, 0) is 48.9 Å². The largest absolute Gasteiger partial charge is 0.0625 e. The molecule has 0 bridgehead atoms. The Kier molecular flexibility index (Phi) is 3.82. The standard InChI is InChI=1S/C13H26/c1-9(2)12-6-11(5)7-13(8-12)10(3)4/h9-13H,6-8H2,1-5H3. The monoisotopic (exact) mass is 182 g/mol. The van der Waals surface area contributed by atoms with Gasteiger partial charge >= 0.3 is 0 Å². The van der Waals surface area contributed by atoms with Crippen molar-refractivity contribution in [3.05, 3.63) is 0 Å². The summed E-state index contributed by atoms with van der Waals surface area (Å²) in [6, 6.07) is 0. The fourth-order valence-corrected chi connectivity index (χ4v) is 2.80. The number of rotatable bonds is 2. The Morgan fingerprint density at radius 1 is 0.769 bits per heavy atom. The summed E-state index contributed by atoms with van der Waals surface area (Å²) in [4.78, 5) is 0. The highest BCUT2D eigenvalue weighted by Gasteiger charge is 2.29. The predicted octanol–water partition coefficient (Wildman–Crippen LogP) is 4.35. The van der Waals surface area contributed by atoms with E-state index in [0.717, 1.165) is 29.6 Å². The highest BCUT2D eigenvalue weighted by Crippen LogP contribution is 2.39. The molecule has 0 spiro atoms. The summed E-state index contributed by atoms with van der Waals surface area (Å²) in [7, 11) is 0. The average molecular weight is 182 g/mol. The summed E-state index contributed by atoms with van der Waals surface area (Å²) in [5, 5.41) is 0. The molecule has 0 heterocycles. The first kappa shape index (κ1) is 11.1. The van der Waals surface area contributed by atoms with Crippen LogP contribution >= 0.6 is 0 Å². The summed E-state index contributed by atoms with van der Waals surface area (Å²) in [6.45, 7) is 12.0. The molecule has 0 saturated heterocycles. The average Bonchev–Trinajstić information content (AvgIpc) is 2.03. The van der Waals surface area contributed by atoms with Gasteiger partial charge in [-0.3, -0.25) is 0 Å². The van der Waals surface area contributed by atoms with Crippen LogP contribution in [0.1, 0.15) is 53.9 Å². The molecular weight excluding hydrogens is 156 g/mol. The van der Waals surface area contributed by atoms with Crippen molar-refractivity contribution >= 4 is 0 Å². The molecular formula is C13H26. The van der Waals surface area contributed by atoms with Crippen molar-refractivity contribution in [2.75, 3.05) is 0 Å². The minimum atomic E-state index is 0.893. The lowest BCUT2D eigenvalue weighted by molar-refractivity contribution is 0.135. The Hall–Kier alpha value is 0. The van der Waals surface area contributed by atoms with Crippen LogP contribution in [0, 0.1) is 29.6 Å². The van der Waals surface area contributed by atoms with Gasteiger partial charge in [-0.15, -0.1) is 0 Å². The summed E-state index contributed by atoms with van der Waals surface area (Å²) in [5.41, 5.74) is 0. The van der Waals surface area contributed by atoms with Gasteiger partial charge in [0.15, 0.2) is 0 Å². The second-order valence-electron chi connectivity index (χ2n) is 5.82. The van der Waals surface area contributed by atoms with Crippen molar-refractivity contribution in [2.45, 2.75) is 53.9 Å². The van der Waals surface area contributed by atoms with Crippen LogP contribution in [0.15, 0.2) is 0 Å². The highest BCUT2D eigenvalue weighted by molar-refractivity contribution is 4.80. The first-order valence-corrected chi connectivity index (χ1v) is 6.00. The molecule has 1 aliphatic carbocycles. The molecule has 0 aromatic rings. The van der Waals surface area contributed by atoms with Gasteiger partial charge in [-0.25, -0.2) is 0 Å². The van der Waals surface area contributed by atoms with Gasteiger partial charge < -0.3 is 0 Å². The molecule has 0 nitrogen and oxygen atoms in total. The fourth-order valence-electron chi connectivity index (χ4n) is 2.80. The normalized spacial score (nSPS) is 35.8. The minimum Gasteiger partial charge on any atom is -0.0625 e. The van der Waals surface area contributed by atoms with Gasteiger partial charge in [0, 0.05) is 0 Å². The van der Waals surface area contributed by atoms with Gasteiger partial charge in [0.05, 0.1) is 0 Å². The lowest BCUT2D eigenvalue weighted by Gasteiger charge is -2.37. The maximum atomic E-state index is 2.43. The molecule has 0 heteroatoms. The highest BCUT2D eigenvalue weighted by atomic mass is 14.3. The van der Waals surface area contributed by atoms with Crippen LogP contribution in [-0.2, 0) is 0 Å². The molecule has 1 fully saturated rings. The zero-order chi connectivity index (χ0) is 10.0. The minimum absolute atomic E-state index is 0.893. The van der Waals surface area contributed by atoms with Gasteiger partial charge in [0.2, 0.25) is 0 Å². The third-order valence-electron chi connectivity index (χ3n) is 3.90. The topological polar surface area (TPSA) is 0 Å². The fraction of sp³-hybridized carbons (Fsp3) is 1.00. The molecule has 0 aliphatic heterocycles. The first-order chi connectivity index (χ1) is 6.00. The molecule has 78 valence electrons. The molecule has 0 amide bonds. The van der Waals surface area contributed by atoms with Gasteiger partial charge in [0.25, 0.3) is 0 Å². The molecule has 1 aliphatic rings. The van der Waals surface area contributed by atoms with E-state index in [0.29, 0.717) is 0 Å². The van der Waals surface area contributed by atoms with E-state index in [2.05, 4.69) is 34.6 Å². The first-order valence-electron chi connectivity index (χ1n) is 6.00. The number of hydrogen-bond acceptors (Lipinski definition) is 0. The van der Waals surface area contributed by atoms with Crippen LogP contribution in [0.4, 0.5) is 0 Å². The molecule has 1 rings (SSSR count). The number of hydrogen-bond donors (Lipinski definition) is 0. The van der Waals surface area contributed by atoms with E-state index in [1.54, 1.807) is 0 Å². The van der Waals surface area contributed by atoms with Crippen LogP contribution in [0.5, 0.6) is 0 Å². The summed E-state index contributed by atoms with van der Waals surface area (Å²) in [5.74, 6) is 4.74. The van der Waals surface area contributed by atoms with Gasteiger partial charge in [0.1, 0.15) is 0 Å². The Morgan fingerprint density at radius 3 is 1.46 bits per heavy atom. The van der Waals surface area contributed by atoms with E-state index in [1.807, 2.05) is 0 Å².